The van der Waals surface area contributed by atoms with Gasteiger partial charge < -0.3 is 0 Å². The Balaban J connectivity index is 0.000000186. The molecule has 0 heterocycles. The van der Waals surface area contributed by atoms with Crippen molar-refractivity contribution in [1.82, 2.24) is 10.6 Å². The van der Waals surface area contributed by atoms with Crippen molar-refractivity contribution in [3.8, 4) is 0 Å². The molecule has 0 aliphatic rings. The average Bonchev–Trinajstić information content (AvgIpc) is 3.51. The van der Waals surface area contributed by atoms with Crippen LogP contribution < -0.4 is 10.6 Å². The number of hydrogen-bond acceptors (Lipinski definition) is 6. The number of sulfone groups is 2. The minimum Gasteiger partial charge on any atom is -0.290 e. The summed E-state index contributed by atoms with van der Waals surface area (Å²) in [5.41, 5.74) is 6.72. The summed E-state index contributed by atoms with van der Waals surface area (Å²) in [4.78, 5) is 0.534. The summed E-state index contributed by atoms with van der Waals surface area (Å²) in [5.74, 6) is 0. The molecule has 8 heteroatoms. The second kappa shape index (κ2) is 24.7. The lowest BCUT2D eigenvalue weighted by molar-refractivity contribution is 0.437. The van der Waals surface area contributed by atoms with E-state index in [0.717, 1.165) is 44.5 Å². The van der Waals surface area contributed by atoms with Gasteiger partial charge in [-0.15, -0.1) is 0 Å². The van der Waals surface area contributed by atoms with Crippen molar-refractivity contribution in [2.24, 2.45) is 0 Å². The highest BCUT2D eigenvalue weighted by atomic mass is 32.2. The molecule has 0 fully saturated rings. The van der Waals surface area contributed by atoms with Gasteiger partial charge in [0.15, 0.2) is 19.7 Å². The molecule has 0 radical (unpaired) electrons. The zero-order valence-electron chi connectivity index (χ0n) is 41.8. The zero-order chi connectivity index (χ0) is 52.5. The van der Waals surface area contributed by atoms with Crippen LogP contribution in [-0.2, 0) is 30.8 Å². The highest BCUT2D eigenvalue weighted by Crippen LogP contribution is 2.41. The monoisotopic (exact) mass is 1030 g/mol. The molecule has 0 amide bonds. The highest BCUT2D eigenvalue weighted by Gasteiger charge is 2.39. The Morgan fingerprint density at radius 3 is 0.658 bits per heavy atom. The van der Waals surface area contributed by atoms with E-state index in [4.69, 9.17) is 0 Å². The molecule has 2 atom stereocenters. The number of benzene rings is 10. The van der Waals surface area contributed by atoms with Crippen LogP contribution in [0, 0.1) is 0 Å². The molecule has 10 rings (SSSR count). The van der Waals surface area contributed by atoms with E-state index in [2.05, 4.69) is 83.4 Å². The van der Waals surface area contributed by atoms with Gasteiger partial charge >= 0.3 is 0 Å². The summed E-state index contributed by atoms with van der Waals surface area (Å²) in [6, 6.07) is 97.8. The van der Waals surface area contributed by atoms with Crippen LogP contribution in [0.1, 0.15) is 56.6 Å². The Morgan fingerprint density at radius 1 is 0.263 bits per heavy atom. The summed E-state index contributed by atoms with van der Waals surface area (Å²) in [5, 5.41) is 10.4. The normalized spacial score (nSPS) is 12.8. The number of rotatable bonds is 18. The van der Waals surface area contributed by atoms with Crippen molar-refractivity contribution in [3.05, 3.63) is 371 Å². The molecule has 0 spiro atoms. The topological polar surface area (TPSA) is 92.3 Å². The van der Waals surface area contributed by atoms with Crippen LogP contribution in [0.25, 0.3) is 0 Å². The molecule has 10 aromatic carbocycles. The SMILES string of the molecule is O=S(=O)(/C=C/[C@H](NC(c1ccccc1)(c1ccccc1)c1ccccc1)c1ccccc1)c1ccccc1.O=S(=O)(/C=C/[C@H](NC(c1ccccc1)(c1ccccc1)c1ccccc1)c1ccccc1)c1ccccc1. The van der Waals surface area contributed by atoms with Gasteiger partial charge in [0, 0.05) is 10.8 Å². The summed E-state index contributed by atoms with van der Waals surface area (Å²) < 4.78 is 52.9. The van der Waals surface area contributed by atoms with Crippen LogP contribution in [-0.4, -0.2) is 16.8 Å². The standard InChI is InChI=1S/2C34H29NO2S/c2*36-38(37,32-24-14-5-15-25-32)27-26-33(28-16-6-1-7-17-28)35-34(29-18-8-2-9-19-29,30-20-10-3-11-21-30)31-22-12-4-13-23-31/h2*1-27,33,35H/b2*27-26+/t2*33-/m00/s1. The lowest BCUT2D eigenvalue weighted by Crippen LogP contribution is -2.46. The van der Waals surface area contributed by atoms with Crippen LogP contribution in [0.15, 0.2) is 336 Å². The first-order valence-electron chi connectivity index (χ1n) is 25.1. The van der Waals surface area contributed by atoms with Crippen LogP contribution in [0.5, 0.6) is 0 Å². The Hall–Kier alpha value is -8.50. The first kappa shape index (κ1) is 52.4. The zero-order valence-corrected chi connectivity index (χ0v) is 43.4. The van der Waals surface area contributed by atoms with Crippen molar-refractivity contribution < 1.29 is 16.8 Å². The van der Waals surface area contributed by atoms with Crippen molar-refractivity contribution in [2.75, 3.05) is 0 Å². The molecule has 76 heavy (non-hydrogen) atoms. The average molecular weight is 1030 g/mol. The van der Waals surface area contributed by atoms with Gasteiger partial charge in [0.25, 0.3) is 0 Å². The number of hydrogen-bond donors (Lipinski definition) is 2. The van der Waals surface area contributed by atoms with Crippen molar-refractivity contribution in [3.63, 3.8) is 0 Å². The largest absolute Gasteiger partial charge is 0.290 e. The second-order valence-corrected chi connectivity index (χ2v) is 21.8. The Bertz CT molecular complexity index is 3190. The minimum absolute atomic E-state index is 0.267. The van der Waals surface area contributed by atoms with Crippen LogP contribution in [0.4, 0.5) is 0 Å². The third-order valence-electron chi connectivity index (χ3n) is 13.3. The Morgan fingerprint density at radius 2 is 0.447 bits per heavy atom. The number of nitrogens with one attached hydrogen (secondary N) is 2. The first-order valence-corrected chi connectivity index (χ1v) is 28.2. The van der Waals surface area contributed by atoms with E-state index < -0.39 is 42.8 Å². The molecule has 0 aromatic heterocycles. The molecule has 0 aliphatic heterocycles. The predicted octanol–water partition coefficient (Wildman–Crippen LogP) is 14.6. The van der Waals surface area contributed by atoms with Crippen LogP contribution in [0.3, 0.4) is 0 Å². The van der Waals surface area contributed by atoms with Gasteiger partial charge in [-0.1, -0.05) is 291 Å². The summed E-state index contributed by atoms with van der Waals surface area (Å²) >= 11 is 0. The van der Waals surface area contributed by atoms with Crippen LogP contribution in [0.2, 0.25) is 0 Å². The fraction of sp³-hybridized carbons (Fsp3) is 0.0588. The third kappa shape index (κ3) is 12.2. The van der Waals surface area contributed by atoms with E-state index in [1.807, 2.05) is 182 Å². The van der Waals surface area contributed by atoms with Gasteiger partial charge in [-0.2, -0.15) is 0 Å². The highest BCUT2D eigenvalue weighted by molar-refractivity contribution is 7.94. The minimum atomic E-state index is -3.63. The summed E-state index contributed by atoms with van der Waals surface area (Å²) in [7, 11) is -7.27. The smallest absolute Gasteiger partial charge is 0.199 e. The van der Waals surface area contributed by atoms with E-state index >= 15 is 0 Å². The van der Waals surface area contributed by atoms with E-state index in [9.17, 15) is 16.8 Å². The quantitative estimate of drug-likeness (QED) is 0.0832. The van der Waals surface area contributed by atoms with Crippen molar-refractivity contribution >= 4 is 19.7 Å². The lowest BCUT2D eigenvalue weighted by Gasteiger charge is -2.40. The molecular formula is C68H58N2O4S2. The fourth-order valence-electron chi connectivity index (χ4n) is 9.64. The van der Waals surface area contributed by atoms with Crippen molar-refractivity contribution in [2.45, 2.75) is 33.0 Å². The molecule has 0 saturated carbocycles. The third-order valence-corrected chi connectivity index (χ3v) is 16.2. The molecular weight excluding hydrogens is 973 g/mol. The molecule has 0 bridgehead atoms. The van der Waals surface area contributed by atoms with E-state index in [0.29, 0.717) is 0 Å². The van der Waals surface area contributed by atoms with Crippen molar-refractivity contribution in [1.29, 1.82) is 0 Å². The van der Waals surface area contributed by atoms with Gasteiger partial charge in [0.05, 0.1) is 33.0 Å². The maximum Gasteiger partial charge on any atom is 0.199 e. The Kier molecular flexibility index (Phi) is 17.0. The summed E-state index contributed by atoms with van der Waals surface area (Å²) in [6.07, 6.45) is 3.50. The van der Waals surface area contributed by atoms with Gasteiger partial charge in [-0.25, -0.2) is 16.8 Å². The molecule has 0 aliphatic carbocycles. The van der Waals surface area contributed by atoms with E-state index in [1.54, 1.807) is 60.7 Å². The lowest BCUT2D eigenvalue weighted by atomic mass is 9.76. The maximum absolute atomic E-state index is 13.2. The molecule has 0 saturated heterocycles. The van der Waals surface area contributed by atoms with Crippen LogP contribution >= 0.6 is 0 Å². The van der Waals surface area contributed by atoms with E-state index in [1.165, 1.54) is 10.8 Å². The van der Waals surface area contributed by atoms with Gasteiger partial charge in [-0.05, 0) is 68.8 Å². The van der Waals surface area contributed by atoms with Gasteiger partial charge in [0.2, 0.25) is 0 Å². The van der Waals surface area contributed by atoms with Gasteiger partial charge in [-0.3, -0.25) is 10.6 Å². The molecule has 6 nitrogen and oxygen atoms in total. The first-order chi connectivity index (χ1) is 37.2. The summed E-state index contributed by atoms with van der Waals surface area (Å²) in [6.45, 7) is 0. The fourth-order valence-corrected chi connectivity index (χ4v) is 11.8. The Labute approximate surface area is 448 Å². The van der Waals surface area contributed by atoms with E-state index in [-0.39, 0.29) is 9.79 Å². The van der Waals surface area contributed by atoms with Gasteiger partial charge in [0.1, 0.15) is 0 Å². The maximum atomic E-state index is 13.2. The molecule has 0 unspecified atom stereocenters. The predicted molar refractivity (Wildman–Crippen MR) is 309 cm³/mol. The molecule has 376 valence electrons. The molecule has 2 N–H and O–H groups in total. The second-order valence-electron chi connectivity index (χ2n) is 18.1. The molecule has 10 aromatic rings.